The lowest BCUT2D eigenvalue weighted by Gasteiger charge is -2.18. The van der Waals surface area contributed by atoms with E-state index in [9.17, 15) is 2.74 Å². The van der Waals surface area contributed by atoms with Crippen LogP contribution in [0.5, 0.6) is 0 Å². The van der Waals surface area contributed by atoms with Gasteiger partial charge in [-0.05, 0) is 107 Å². The maximum Gasteiger partial charge on any atom is 0.136 e. The highest BCUT2D eigenvalue weighted by Gasteiger charge is 2.18. The molecule has 0 radical (unpaired) electrons. The van der Waals surface area contributed by atoms with Crippen molar-refractivity contribution in [2.24, 2.45) is 0 Å². The highest BCUT2D eigenvalue weighted by Crippen LogP contribution is 2.45. The van der Waals surface area contributed by atoms with Crippen LogP contribution in [0.25, 0.3) is 98.4 Å². The molecule has 10 aromatic rings. The topological polar surface area (TPSA) is 13.1 Å². The highest BCUT2D eigenvalue weighted by atomic mass is 16.3. The van der Waals surface area contributed by atoms with Crippen molar-refractivity contribution in [1.29, 1.82) is 0 Å². The molecule has 218 valence electrons. The molecule has 1 nitrogen and oxygen atoms in total. The third kappa shape index (κ3) is 4.03. The van der Waals surface area contributed by atoms with Gasteiger partial charge >= 0.3 is 0 Å². The van der Waals surface area contributed by atoms with E-state index in [1.807, 2.05) is 60.7 Å². The Kier molecular flexibility index (Phi) is 4.05. The molecular formula is C46H28O. The molecule has 0 saturated carbocycles. The van der Waals surface area contributed by atoms with Crippen molar-refractivity contribution < 1.29 is 16.8 Å². The number of furan rings is 1. The second kappa shape index (κ2) is 10.2. The standard InChI is InChI=1S/C46H28O/c1-2-12-30-25-35(24-23-29(30)11-1)45-39-19-7-5-17-37(39)44(38-18-6-8-20-40(38)45)34-16-9-15-33(26-34)36-21-10-22-42-46(36)41-27-31-13-3-4-14-32(31)28-43(41)47-42/h1-28H/i3D,4D,10D,13D,14D,21D,22D,27D,28D. The molecule has 0 saturated heterocycles. The zero-order valence-corrected chi connectivity index (χ0v) is 24.9. The van der Waals surface area contributed by atoms with E-state index in [4.69, 9.17) is 14.0 Å². The summed E-state index contributed by atoms with van der Waals surface area (Å²) in [7, 11) is 0. The molecule has 0 fully saturated rings. The van der Waals surface area contributed by atoms with Gasteiger partial charge in [0.25, 0.3) is 0 Å². The Bertz CT molecular complexity index is 3310. The fourth-order valence-corrected chi connectivity index (χ4v) is 7.06. The Balaban J connectivity index is 1.28. The molecule has 1 aromatic heterocycles. The third-order valence-corrected chi connectivity index (χ3v) is 9.11. The van der Waals surface area contributed by atoms with E-state index in [0.29, 0.717) is 5.56 Å². The third-order valence-electron chi connectivity index (χ3n) is 9.11. The van der Waals surface area contributed by atoms with Gasteiger partial charge in [-0.2, -0.15) is 0 Å². The average molecular weight is 606 g/mol. The lowest BCUT2D eigenvalue weighted by Crippen LogP contribution is -1.91. The summed E-state index contributed by atoms with van der Waals surface area (Å²) in [6.07, 6.45) is 0. The van der Waals surface area contributed by atoms with Gasteiger partial charge in [-0.1, -0.05) is 139 Å². The monoisotopic (exact) mass is 605 g/mol. The number of hydrogen-bond donors (Lipinski definition) is 0. The minimum Gasteiger partial charge on any atom is -0.456 e. The van der Waals surface area contributed by atoms with E-state index in [0.717, 1.165) is 54.6 Å². The van der Waals surface area contributed by atoms with Crippen molar-refractivity contribution in [2.45, 2.75) is 0 Å². The molecule has 1 heterocycles. The highest BCUT2D eigenvalue weighted by molar-refractivity contribution is 6.22. The largest absolute Gasteiger partial charge is 0.456 e. The summed E-state index contributed by atoms with van der Waals surface area (Å²) in [5, 5.41) is 6.41. The van der Waals surface area contributed by atoms with Gasteiger partial charge in [-0.15, -0.1) is 0 Å². The molecule has 0 aliphatic heterocycles. The van der Waals surface area contributed by atoms with Crippen LogP contribution in [0, 0.1) is 0 Å². The van der Waals surface area contributed by atoms with Gasteiger partial charge in [0.2, 0.25) is 0 Å². The minimum absolute atomic E-state index is 0.0561. The molecule has 0 bridgehead atoms. The number of fused-ring (bicyclic) bond motifs is 7. The van der Waals surface area contributed by atoms with Crippen molar-refractivity contribution >= 4 is 65.0 Å². The van der Waals surface area contributed by atoms with E-state index in [2.05, 4.69) is 54.6 Å². The second-order valence-electron chi connectivity index (χ2n) is 11.7. The van der Waals surface area contributed by atoms with Crippen LogP contribution < -0.4 is 0 Å². The lowest BCUT2D eigenvalue weighted by atomic mass is 9.85. The van der Waals surface area contributed by atoms with E-state index < -0.39 is 24.2 Å². The molecular weight excluding hydrogens is 569 g/mol. The van der Waals surface area contributed by atoms with Crippen molar-refractivity contribution in [3.05, 3.63) is 170 Å². The van der Waals surface area contributed by atoms with Crippen LogP contribution in [0.2, 0.25) is 0 Å². The predicted molar refractivity (Wildman–Crippen MR) is 200 cm³/mol. The molecule has 0 atom stereocenters. The normalized spacial score (nSPS) is 14.5. The fraction of sp³-hybridized carbons (Fsp3) is 0. The van der Waals surface area contributed by atoms with Crippen molar-refractivity contribution in [1.82, 2.24) is 0 Å². The molecule has 10 rings (SSSR count). The maximum absolute atomic E-state index is 9.32. The van der Waals surface area contributed by atoms with Crippen LogP contribution in [0.4, 0.5) is 0 Å². The summed E-state index contributed by atoms with van der Waals surface area (Å²) >= 11 is 0. The lowest BCUT2D eigenvalue weighted by molar-refractivity contribution is 0.669. The summed E-state index contributed by atoms with van der Waals surface area (Å²) in [5.74, 6) is 0. The molecule has 1 heteroatoms. The molecule has 0 aliphatic carbocycles. The first-order chi connectivity index (χ1) is 27.1. The van der Waals surface area contributed by atoms with E-state index in [1.54, 1.807) is 0 Å². The molecule has 0 unspecified atom stereocenters. The fourth-order valence-electron chi connectivity index (χ4n) is 7.06. The van der Waals surface area contributed by atoms with Crippen molar-refractivity contribution in [3.8, 4) is 33.4 Å². The van der Waals surface area contributed by atoms with E-state index in [1.165, 1.54) is 0 Å². The second-order valence-corrected chi connectivity index (χ2v) is 11.7. The van der Waals surface area contributed by atoms with Gasteiger partial charge in [0.1, 0.15) is 11.2 Å². The minimum atomic E-state index is -0.531. The van der Waals surface area contributed by atoms with Crippen LogP contribution in [0.15, 0.2) is 174 Å². The average Bonchev–Trinajstić information content (AvgIpc) is 3.62. The molecule has 9 aromatic carbocycles. The van der Waals surface area contributed by atoms with Gasteiger partial charge in [0.05, 0.1) is 12.3 Å². The number of rotatable bonds is 3. The Morgan fingerprint density at radius 2 is 1.02 bits per heavy atom. The quantitative estimate of drug-likeness (QED) is 0.183. The number of benzene rings is 9. The first-order valence-electron chi connectivity index (χ1n) is 19.9. The van der Waals surface area contributed by atoms with Gasteiger partial charge in [-0.3, -0.25) is 0 Å². The zero-order valence-electron chi connectivity index (χ0n) is 33.9. The van der Waals surface area contributed by atoms with Crippen LogP contribution in [-0.2, 0) is 0 Å². The van der Waals surface area contributed by atoms with E-state index >= 15 is 0 Å². The summed E-state index contributed by atoms with van der Waals surface area (Å²) in [6, 6.07) is 35.4. The molecule has 47 heavy (non-hydrogen) atoms. The van der Waals surface area contributed by atoms with Gasteiger partial charge < -0.3 is 4.42 Å². The maximum atomic E-state index is 9.32. The van der Waals surface area contributed by atoms with Gasteiger partial charge in [0.15, 0.2) is 0 Å². The van der Waals surface area contributed by atoms with Crippen molar-refractivity contribution in [3.63, 3.8) is 0 Å². The number of hydrogen-bond acceptors (Lipinski definition) is 1. The smallest absolute Gasteiger partial charge is 0.136 e. The Hall–Kier alpha value is -6.18. The van der Waals surface area contributed by atoms with Crippen molar-refractivity contribution in [2.75, 3.05) is 0 Å². The first-order valence-corrected chi connectivity index (χ1v) is 15.4. The van der Waals surface area contributed by atoms with E-state index in [-0.39, 0.29) is 68.5 Å². The van der Waals surface area contributed by atoms with Crippen LogP contribution in [0.1, 0.15) is 12.3 Å². The van der Waals surface area contributed by atoms with Gasteiger partial charge in [-0.25, -0.2) is 0 Å². The first kappa shape index (κ1) is 18.7. The van der Waals surface area contributed by atoms with Crippen LogP contribution in [0.3, 0.4) is 0 Å². The van der Waals surface area contributed by atoms with Crippen LogP contribution in [-0.4, -0.2) is 0 Å². The summed E-state index contributed by atoms with van der Waals surface area (Å²) in [5.41, 5.74) is 4.56. The molecule has 0 N–H and O–H groups in total. The Labute approximate surface area is 284 Å². The molecule has 0 amide bonds. The summed E-state index contributed by atoms with van der Waals surface area (Å²) in [6.45, 7) is 0. The Morgan fingerprint density at radius 1 is 0.404 bits per heavy atom. The SMILES string of the molecule is [2H]c1c([2H])c(-c2cccc(-c3c4ccccc4c(-c4ccc5ccccc5c4)c4ccccc34)c2)c2c(oc3c([2H])c4c([2H])c([2H])c([2H])c([2H])c4c([2H])c32)c1[2H]. The predicted octanol–water partition coefficient (Wildman–Crippen LogP) is 13.2. The zero-order chi connectivity index (χ0) is 38.7. The molecule has 0 spiro atoms. The Morgan fingerprint density at radius 3 is 1.74 bits per heavy atom. The summed E-state index contributed by atoms with van der Waals surface area (Å²) in [4.78, 5) is 0. The van der Waals surface area contributed by atoms with Crippen LogP contribution >= 0.6 is 0 Å². The van der Waals surface area contributed by atoms with Gasteiger partial charge in [0, 0.05) is 10.8 Å². The molecule has 0 aliphatic rings. The summed E-state index contributed by atoms with van der Waals surface area (Å²) < 4.78 is 85.1.